The summed E-state index contributed by atoms with van der Waals surface area (Å²) in [6, 6.07) is 4.18. The fourth-order valence-electron chi connectivity index (χ4n) is 1.47. The number of ether oxygens (including phenoxy) is 1. The minimum Gasteiger partial charge on any atom is -0.424 e. The van der Waals surface area contributed by atoms with Gasteiger partial charge in [-0.3, -0.25) is 0 Å². The summed E-state index contributed by atoms with van der Waals surface area (Å²) in [5.41, 5.74) is 5.59. The van der Waals surface area contributed by atoms with Crippen LogP contribution in [0.15, 0.2) is 35.3 Å². The summed E-state index contributed by atoms with van der Waals surface area (Å²) < 4.78 is 20.4. The first-order valence-electron chi connectivity index (χ1n) is 5.61. The first kappa shape index (κ1) is 13.4. The average Bonchev–Trinajstić information content (AvgIpc) is 2.96. The average molecular weight is 352 g/mol. The lowest BCUT2D eigenvalue weighted by Gasteiger charge is -2.06. The van der Waals surface area contributed by atoms with Gasteiger partial charge in [-0.1, -0.05) is 0 Å². The maximum atomic E-state index is 13.4. The van der Waals surface area contributed by atoms with Crippen LogP contribution < -0.4 is 10.5 Å². The van der Waals surface area contributed by atoms with E-state index in [0.717, 1.165) is 0 Å². The number of nitrogen functional groups attached to an aromatic ring is 1. The van der Waals surface area contributed by atoms with Crippen molar-refractivity contribution in [3.05, 3.63) is 41.1 Å². The Morgan fingerprint density at radius 2 is 2.10 bits per heavy atom. The van der Waals surface area contributed by atoms with Gasteiger partial charge >= 0.3 is 6.01 Å². The van der Waals surface area contributed by atoms with Gasteiger partial charge in [0.15, 0.2) is 0 Å². The van der Waals surface area contributed by atoms with Crippen molar-refractivity contribution in [1.29, 1.82) is 0 Å². The molecular formula is C11H7BrFN7O. The molecular weight excluding hydrogens is 345 g/mol. The van der Waals surface area contributed by atoms with Gasteiger partial charge in [-0.2, -0.15) is 24.7 Å². The predicted octanol–water partition coefficient (Wildman–Crippen LogP) is 1.73. The first-order valence-corrected chi connectivity index (χ1v) is 6.40. The molecule has 0 aliphatic heterocycles. The molecule has 3 rings (SSSR count). The molecule has 0 aliphatic carbocycles. The predicted molar refractivity (Wildman–Crippen MR) is 73.3 cm³/mol. The SMILES string of the molecule is Nc1nc(Oc2ccc(Br)c(F)c2)nc(-n2cncn2)n1. The van der Waals surface area contributed by atoms with Crippen molar-refractivity contribution in [2.75, 3.05) is 5.73 Å². The van der Waals surface area contributed by atoms with Crippen LogP contribution in [0.1, 0.15) is 0 Å². The molecule has 0 amide bonds. The molecule has 0 fully saturated rings. The Balaban J connectivity index is 1.93. The monoisotopic (exact) mass is 351 g/mol. The molecule has 2 aromatic heterocycles. The zero-order chi connectivity index (χ0) is 14.8. The highest BCUT2D eigenvalue weighted by Gasteiger charge is 2.10. The van der Waals surface area contributed by atoms with Crippen LogP contribution in [0.3, 0.4) is 0 Å². The molecule has 21 heavy (non-hydrogen) atoms. The van der Waals surface area contributed by atoms with Crippen LogP contribution in [0.2, 0.25) is 0 Å². The number of anilines is 1. The number of aromatic nitrogens is 6. The topological polar surface area (TPSA) is 105 Å². The fourth-order valence-corrected chi connectivity index (χ4v) is 1.71. The van der Waals surface area contributed by atoms with Crippen LogP contribution in [0.4, 0.5) is 10.3 Å². The fraction of sp³-hybridized carbons (Fsp3) is 0. The number of benzene rings is 1. The molecule has 8 nitrogen and oxygen atoms in total. The minimum absolute atomic E-state index is 0.0527. The van der Waals surface area contributed by atoms with Crippen LogP contribution in [0.25, 0.3) is 5.95 Å². The summed E-state index contributed by atoms with van der Waals surface area (Å²) >= 11 is 3.05. The molecule has 0 atom stereocenters. The molecule has 106 valence electrons. The van der Waals surface area contributed by atoms with Crippen molar-refractivity contribution in [1.82, 2.24) is 29.7 Å². The molecule has 0 spiro atoms. The molecule has 2 heterocycles. The van der Waals surface area contributed by atoms with Gasteiger partial charge in [-0.25, -0.2) is 9.37 Å². The van der Waals surface area contributed by atoms with Crippen molar-refractivity contribution in [3.63, 3.8) is 0 Å². The zero-order valence-corrected chi connectivity index (χ0v) is 11.9. The van der Waals surface area contributed by atoms with Gasteiger partial charge in [0.25, 0.3) is 5.95 Å². The van der Waals surface area contributed by atoms with Gasteiger partial charge in [-0.05, 0) is 28.1 Å². The van der Waals surface area contributed by atoms with Crippen molar-refractivity contribution >= 4 is 21.9 Å². The minimum atomic E-state index is -0.467. The van der Waals surface area contributed by atoms with Crippen LogP contribution in [-0.2, 0) is 0 Å². The van der Waals surface area contributed by atoms with Crippen LogP contribution in [-0.4, -0.2) is 29.7 Å². The van der Waals surface area contributed by atoms with Crippen LogP contribution in [0.5, 0.6) is 11.8 Å². The Labute approximate surface area is 126 Å². The van der Waals surface area contributed by atoms with E-state index in [9.17, 15) is 4.39 Å². The summed E-state index contributed by atoms with van der Waals surface area (Å²) in [6.07, 6.45) is 2.72. The number of hydrogen-bond acceptors (Lipinski definition) is 7. The molecule has 3 aromatic rings. The lowest BCUT2D eigenvalue weighted by atomic mass is 10.3. The third kappa shape index (κ3) is 2.94. The van der Waals surface area contributed by atoms with E-state index in [0.29, 0.717) is 4.47 Å². The zero-order valence-electron chi connectivity index (χ0n) is 10.3. The number of halogens is 2. The third-order valence-electron chi connectivity index (χ3n) is 2.34. The number of rotatable bonds is 3. The number of nitrogens with two attached hydrogens (primary N) is 1. The highest BCUT2D eigenvalue weighted by molar-refractivity contribution is 9.10. The van der Waals surface area contributed by atoms with E-state index in [-0.39, 0.29) is 23.7 Å². The van der Waals surface area contributed by atoms with Crippen LogP contribution >= 0.6 is 15.9 Å². The van der Waals surface area contributed by atoms with Gasteiger partial charge in [0.2, 0.25) is 5.95 Å². The maximum Gasteiger partial charge on any atom is 0.328 e. The van der Waals surface area contributed by atoms with Crippen LogP contribution in [0, 0.1) is 5.82 Å². The molecule has 0 aliphatic rings. The molecule has 0 unspecified atom stereocenters. The van der Waals surface area contributed by atoms with E-state index in [1.54, 1.807) is 6.07 Å². The second-order valence-electron chi connectivity index (χ2n) is 3.79. The third-order valence-corrected chi connectivity index (χ3v) is 2.99. The highest BCUT2D eigenvalue weighted by atomic mass is 79.9. The summed E-state index contributed by atoms with van der Waals surface area (Å²) in [6.45, 7) is 0. The smallest absolute Gasteiger partial charge is 0.328 e. The molecule has 0 saturated heterocycles. The molecule has 10 heteroatoms. The van der Waals surface area contributed by atoms with Crippen molar-refractivity contribution in [3.8, 4) is 17.7 Å². The van der Waals surface area contributed by atoms with Crippen molar-refractivity contribution in [2.24, 2.45) is 0 Å². The standard InChI is InChI=1S/C11H7BrFN7O/c12-7-2-1-6(3-8(7)13)21-11-18-9(14)17-10(19-11)20-5-15-4-16-20/h1-5H,(H2,14,17,18,19). The summed E-state index contributed by atoms with van der Waals surface area (Å²) in [5.74, 6) is -0.146. The first-order chi connectivity index (χ1) is 10.1. The molecule has 0 saturated carbocycles. The molecule has 2 N–H and O–H groups in total. The maximum absolute atomic E-state index is 13.4. The molecule has 0 bridgehead atoms. The van der Waals surface area contributed by atoms with Gasteiger partial charge in [-0.15, -0.1) is 0 Å². The lowest BCUT2D eigenvalue weighted by Crippen LogP contribution is -2.08. The lowest BCUT2D eigenvalue weighted by molar-refractivity contribution is 0.434. The largest absolute Gasteiger partial charge is 0.424 e. The Bertz CT molecular complexity index is 780. The van der Waals surface area contributed by atoms with E-state index in [2.05, 4.69) is 41.0 Å². The van der Waals surface area contributed by atoms with Crippen molar-refractivity contribution in [2.45, 2.75) is 0 Å². The Hall–Kier alpha value is -2.62. The summed E-state index contributed by atoms with van der Waals surface area (Å²) in [5, 5.41) is 3.88. The quantitative estimate of drug-likeness (QED) is 0.765. The summed E-state index contributed by atoms with van der Waals surface area (Å²) in [4.78, 5) is 15.5. The Morgan fingerprint density at radius 3 is 2.81 bits per heavy atom. The van der Waals surface area contributed by atoms with Gasteiger partial charge in [0.1, 0.15) is 24.2 Å². The Kier molecular flexibility index (Phi) is 3.44. The van der Waals surface area contributed by atoms with Crippen molar-refractivity contribution < 1.29 is 9.13 Å². The van der Waals surface area contributed by atoms with Gasteiger partial charge in [0.05, 0.1) is 4.47 Å². The van der Waals surface area contributed by atoms with Gasteiger partial charge < -0.3 is 10.5 Å². The van der Waals surface area contributed by atoms with E-state index >= 15 is 0 Å². The molecule has 1 aromatic carbocycles. The number of nitrogens with zero attached hydrogens (tertiary/aromatic N) is 6. The normalized spacial score (nSPS) is 10.6. The van der Waals surface area contributed by atoms with E-state index < -0.39 is 5.82 Å². The summed E-state index contributed by atoms with van der Waals surface area (Å²) in [7, 11) is 0. The van der Waals surface area contributed by atoms with E-state index in [4.69, 9.17) is 10.5 Å². The molecule has 0 radical (unpaired) electrons. The second kappa shape index (κ2) is 5.40. The van der Waals surface area contributed by atoms with Gasteiger partial charge in [0, 0.05) is 6.07 Å². The van der Waals surface area contributed by atoms with E-state index in [1.165, 1.54) is 29.5 Å². The Morgan fingerprint density at radius 1 is 1.24 bits per heavy atom. The number of hydrogen-bond donors (Lipinski definition) is 1. The highest BCUT2D eigenvalue weighted by Crippen LogP contribution is 2.24. The second-order valence-corrected chi connectivity index (χ2v) is 4.65. The van der Waals surface area contributed by atoms with E-state index in [1.807, 2.05) is 0 Å².